The fraction of sp³-hybridized carbons (Fsp3) is 0.538. The van der Waals surface area contributed by atoms with Gasteiger partial charge in [-0.2, -0.15) is 0 Å². The van der Waals surface area contributed by atoms with Crippen molar-refractivity contribution >= 4 is 11.6 Å². The molecule has 2 unspecified atom stereocenters. The Hall–Kier alpha value is -0.600. The van der Waals surface area contributed by atoms with Gasteiger partial charge in [0, 0.05) is 23.2 Å². The highest BCUT2D eigenvalue weighted by Crippen LogP contribution is 2.25. The summed E-state index contributed by atoms with van der Waals surface area (Å²) in [6.45, 7) is 2.87. The van der Waals surface area contributed by atoms with Crippen LogP contribution in [-0.2, 0) is 6.54 Å². The Morgan fingerprint density at radius 3 is 2.88 bits per heavy atom. The molecule has 0 heterocycles. The van der Waals surface area contributed by atoms with Gasteiger partial charge in [-0.05, 0) is 37.3 Å². The minimum atomic E-state index is -0.217. The summed E-state index contributed by atoms with van der Waals surface area (Å²) in [5.41, 5.74) is 0.698. The van der Waals surface area contributed by atoms with Gasteiger partial charge in [-0.1, -0.05) is 24.6 Å². The smallest absolute Gasteiger partial charge is 0.129 e. The number of halogens is 2. The minimum Gasteiger partial charge on any atom is -0.310 e. The fourth-order valence-corrected chi connectivity index (χ4v) is 2.47. The standard InChI is InChI=1S/C13H17ClFN/c1-9-2-5-12(6-9)16-8-10-3-4-11(14)7-13(10)15/h3-4,7,9,12,16H,2,5-6,8H2,1H3. The first kappa shape index (κ1) is 11.9. The van der Waals surface area contributed by atoms with Gasteiger partial charge in [0.05, 0.1) is 0 Å². The topological polar surface area (TPSA) is 12.0 Å². The lowest BCUT2D eigenvalue weighted by molar-refractivity contribution is 0.492. The maximum absolute atomic E-state index is 13.5. The predicted molar refractivity (Wildman–Crippen MR) is 65.1 cm³/mol. The molecule has 0 spiro atoms. The van der Waals surface area contributed by atoms with Crippen molar-refractivity contribution in [2.24, 2.45) is 5.92 Å². The molecule has 2 rings (SSSR count). The molecule has 1 aromatic rings. The van der Waals surface area contributed by atoms with Crippen LogP contribution in [0.2, 0.25) is 5.02 Å². The number of nitrogens with one attached hydrogen (secondary N) is 1. The molecular formula is C13H17ClFN. The van der Waals surface area contributed by atoms with E-state index < -0.39 is 0 Å². The summed E-state index contributed by atoms with van der Waals surface area (Å²) in [5, 5.41) is 3.86. The van der Waals surface area contributed by atoms with Crippen molar-refractivity contribution in [3.05, 3.63) is 34.6 Å². The highest BCUT2D eigenvalue weighted by atomic mass is 35.5. The second-order valence-corrected chi connectivity index (χ2v) is 5.17. The van der Waals surface area contributed by atoms with Crippen LogP contribution >= 0.6 is 11.6 Å². The lowest BCUT2D eigenvalue weighted by Crippen LogP contribution is -2.26. The zero-order valence-corrected chi connectivity index (χ0v) is 10.2. The predicted octanol–water partition coefficient (Wildman–Crippen LogP) is 3.76. The Balaban J connectivity index is 1.89. The Morgan fingerprint density at radius 2 is 2.25 bits per heavy atom. The second-order valence-electron chi connectivity index (χ2n) is 4.73. The van der Waals surface area contributed by atoms with Gasteiger partial charge in [-0.25, -0.2) is 4.39 Å². The third-order valence-electron chi connectivity index (χ3n) is 3.29. The molecule has 0 bridgehead atoms. The van der Waals surface area contributed by atoms with E-state index in [2.05, 4.69) is 12.2 Å². The van der Waals surface area contributed by atoms with Crippen LogP contribution in [0.3, 0.4) is 0 Å². The van der Waals surface area contributed by atoms with Crippen LogP contribution in [0.25, 0.3) is 0 Å². The van der Waals surface area contributed by atoms with Crippen molar-refractivity contribution in [1.82, 2.24) is 5.32 Å². The van der Waals surface area contributed by atoms with Crippen LogP contribution in [0.4, 0.5) is 4.39 Å². The quantitative estimate of drug-likeness (QED) is 0.850. The lowest BCUT2D eigenvalue weighted by atomic mass is 10.1. The zero-order valence-electron chi connectivity index (χ0n) is 9.47. The molecule has 1 fully saturated rings. The fourth-order valence-electron chi connectivity index (χ4n) is 2.31. The Morgan fingerprint density at radius 1 is 1.44 bits per heavy atom. The van der Waals surface area contributed by atoms with Gasteiger partial charge in [-0.15, -0.1) is 0 Å². The van der Waals surface area contributed by atoms with Crippen molar-refractivity contribution in [3.8, 4) is 0 Å². The normalized spacial score (nSPS) is 24.9. The van der Waals surface area contributed by atoms with E-state index in [1.807, 2.05) is 0 Å². The third-order valence-corrected chi connectivity index (χ3v) is 3.53. The van der Waals surface area contributed by atoms with Crippen molar-refractivity contribution < 1.29 is 4.39 Å². The summed E-state index contributed by atoms with van der Waals surface area (Å²) in [5.74, 6) is 0.582. The Bertz CT molecular complexity index is 367. The molecule has 88 valence electrons. The van der Waals surface area contributed by atoms with Gasteiger partial charge in [-0.3, -0.25) is 0 Å². The summed E-state index contributed by atoms with van der Waals surface area (Å²) in [6, 6.07) is 5.41. The average Bonchev–Trinajstić information content (AvgIpc) is 2.63. The van der Waals surface area contributed by atoms with Gasteiger partial charge in [0.15, 0.2) is 0 Å². The molecule has 1 aromatic carbocycles. The van der Waals surface area contributed by atoms with Gasteiger partial charge in [0.1, 0.15) is 5.82 Å². The molecule has 0 radical (unpaired) electrons. The largest absolute Gasteiger partial charge is 0.310 e. The molecular weight excluding hydrogens is 225 g/mol. The molecule has 0 amide bonds. The summed E-state index contributed by atoms with van der Waals surface area (Å²) in [4.78, 5) is 0. The molecule has 1 aliphatic carbocycles. The van der Waals surface area contributed by atoms with Gasteiger partial charge in [0.25, 0.3) is 0 Å². The SMILES string of the molecule is CC1CCC(NCc2ccc(Cl)cc2F)C1. The Labute approximate surface area is 101 Å². The molecule has 16 heavy (non-hydrogen) atoms. The van der Waals surface area contributed by atoms with Crippen molar-refractivity contribution in [3.63, 3.8) is 0 Å². The van der Waals surface area contributed by atoms with Crippen LogP contribution in [0, 0.1) is 11.7 Å². The van der Waals surface area contributed by atoms with E-state index in [9.17, 15) is 4.39 Å². The van der Waals surface area contributed by atoms with E-state index in [0.29, 0.717) is 23.2 Å². The summed E-state index contributed by atoms with van der Waals surface area (Å²) >= 11 is 5.70. The van der Waals surface area contributed by atoms with Crippen LogP contribution in [0.1, 0.15) is 31.7 Å². The third kappa shape index (κ3) is 2.96. The molecule has 1 saturated carbocycles. The van der Waals surface area contributed by atoms with Gasteiger partial charge in [0.2, 0.25) is 0 Å². The summed E-state index contributed by atoms with van der Waals surface area (Å²) in [6.07, 6.45) is 3.69. The molecule has 3 heteroatoms. The van der Waals surface area contributed by atoms with Crippen LogP contribution in [-0.4, -0.2) is 6.04 Å². The molecule has 2 atom stereocenters. The van der Waals surface area contributed by atoms with Crippen LogP contribution in [0.5, 0.6) is 0 Å². The molecule has 1 aliphatic rings. The van der Waals surface area contributed by atoms with E-state index in [1.54, 1.807) is 12.1 Å². The van der Waals surface area contributed by atoms with Gasteiger partial charge >= 0.3 is 0 Å². The lowest BCUT2D eigenvalue weighted by Gasteiger charge is -2.12. The Kier molecular flexibility index (Phi) is 3.82. The van der Waals surface area contributed by atoms with E-state index in [0.717, 1.165) is 5.92 Å². The van der Waals surface area contributed by atoms with Crippen molar-refractivity contribution in [1.29, 1.82) is 0 Å². The number of hydrogen-bond acceptors (Lipinski definition) is 1. The molecule has 0 aliphatic heterocycles. The second kappa shape index (κ2) is 5.15. The highest BCUT2D eigenvalue weighted by Gasteiger charge is 2.20. The maximum Gasteiger partial charge on any atom is 0.129 e. The monoisotopic (exact) mass is 241 g/mol. The van der Waals surface area contributed by atoms with Crippen LogP contribution in [0.15, 0.2) is 18.2 Å². The number of hydrogen-bond donors (Lipinski definition) is 1. The van der Waals surface area contributed by atoms with Crippen molar-refractivity contribution in [2.75, 3.05) is 0 Å². The highest BCUT2D eigenvalue weighted by molar-refractivity contribution is 6.30. The van der Waals surface area contributed by atoms with E-state index in [4.69, 9.17) is 11.6 Å². The van der Waals surface area contributed by atoms with E-state index in [-0.39, 0.29) is 5.82 Å². The maximum atomic E-state index is 13.5. The number of benzene rings is 1. The van der Waals surface area contributed by atoms with Crippen LogP contribution < -0.4 is 5.32 Å². The van der Waals surface area contributed by atoms with Gasteiger partial charge < -0.3 is 5.32 Å². The average molecular weight is 242 g/mol. The molecule has 0 aromatic heterocycles. The minimum absolute atomic E-state index is 0.217. The molecule has 1 nitrogen and oxygen atoms in total. The van der Waals surface area contributed by atoms with E-state index in [1.165, 1.54) is 25.3 Å². The summed E-state index contributed by atoms with van der Waals surface area (Å²) in [7, 11) is 0. The first-order valence-electron chi connectivity index (χ1n) is 5.82. The van der Waals surface area contributed by atoms with E-state index >= 15 is 0 Å². The first-order chi connectivity index (χ1) is 7.65. The summed E-state index contributed by atoms with van der Waals surface area (Å²) < 4.78 is 13.5. The zero-order chi connectivity index (χ0) is 11.5. The van der Waals surface area contributed by atoms with Crippen molar-refractivity contribution in [2.45, 2.75) is 38.8 Å². The molecule has 0 saturated heterocycles. The molecule has 1 N–H and O–H groups in total. The number of rotatable bonds is 3. The first-order valence-corrected chi connectivity index (χ1v) is 6.20.